The van der Waals surface area contributed by atoms with Crippen molar-refractivity contribution >= 4 is 45.3 Å². The normalized spacial score (nSPS) is 13.0. The monoisotopic (exact) mass is 350 g/mol. The number of thiophene rings is 2. The Balaban J connectivity index is 2.36. The van der Waals surface area contributed by atoms with Gasteiger partial charge in [0, 0.05) is 4.88 Å². The Morgan fingerprint density at radius 1 is 1.47 bits per heavy atom. The number of rotatable bonds is 3. The van der Waals surface area contributed by atoms with Crippen LogP contribution in [0.4, 0.5) is 0 Å². The molecule has 0 saturated heterocycles. The van der Waals surface area contributed by atoms with Crippen LogP contribution >= 0.6 is 45.3 Å². The predicted molar refractivity (Wildman–Crippen MR) is 75.3 cm³/mol. The standard InChI is InChI=1S/C10H11IN2S2/c1-6-2-3-14-10(6)9(13-12)7-4-8(11)15-5-7/h2-5,9,13H,12H2,1H3. The van der Waals surface area contributed by atoms with Crippen LogP contribution in [0.1, 0.15) is 22.0 Å². The molecule has 2 rings (SSSR count). The molecule has 2 aromatic rings. The van der Waals surface area contributed by atoms with Crippen molar-refractivity contribution in [3.05, 3.63) is 41.8 Å². The highest BCUT2D eigenvalue weighted by Crippen LogP contribution is 2.31. The number of aryl methyl sites for hydroxylation is 1. The number of nitrogens with two attached hydrogens (primary N) is 1. The van der Waals surface area contributed by atoms with E-state index in [2.05, 4.69) is 57.8 Å². The summed E-state index contributed by atoms with van der Waals surface area (Å²) in [4.78, 5) is 1.30. The van der Waals surface area contributed by atoms with Crippen LogP contribution in [0.2, 0.25) is 0 Å². The molecule has 2 aromatic heterocycles. The number of nitrogens with one attached hydrogen (secondary N) is 1. The van der Waals surface area contributed by atoms with E-state index >= 15 is 0 Å². The number of halogens is 1. The molecular formula is C10H11IN2S2. The maximum atomic E-state index is 5.63. The van der Waals surface area contributed by atoms with Gasteiger partial charge in [0.1, 0.15) is 0 Å². The molecule has 3 N–H and O–H groups in total. The smallest absolute Gasteiger partial charge is 0.0813 e. The minimum Gasteiger partial charge on any atom is -0.271 e. The second-order valence-electron chi connectivity index (χ2n) is 3.25. The molecule has 1 atom stereocenters. The first-order valence-corrected chi connectivity index (χ1v) is 7.30. The highest BCUT2D eigenvalue weighted by molar-refractivity contribution is 14.1. The van der Waals surface area contributed by atoms with E-state index in [9.17, 15) is 0 Å². The maximum Gasteiger partial charge on any atom is 0.0813 e. The molecule has 0 spiro atoms. The third kappa shape index (κ3) is 2.42. The average Bonchev–Trinajstić information content (AvgIpc) is 2.79. The lowest BCUT2D eigenvalue weighted by atomic mass is 10.1. The van der Waals surface area contributed by atoms with E-state index in [0.29, 0.717) is 0 Å². The zero-order valence-corrected chi connectivity index (χ0v) is 11.9. The van der Waals surface area contributed by atoms with Crippen molar-refractivity contribution in [1.29, 1.82) is 0 Å². The molecule has 0 amide bonds. The van der Waals surface area contributed by atoms with Gasteiger partial charge in [0.15, 0.2) is 0 Å². The molecule has 0 aromatic carbocycles. The van der Waals surface area contributed by atoms with E-state index < -0.39 is 0 Å². The summed E-state index contributed by atoms with van der Waals surface area (Å²) in [5, 5.41) is 4.26. The molecule has 80 valence electrons. The molecule has 0 fully saturated rings. The average molecular weight is 350 g/mol. The predicted octanol–water partition coefficient (Wildman–Crippen LogP) is 3.28. The van der Waals surface area contributed by atoms with Crippen molar-refractivity contribution < 1.29 is 0 Å². The lowest BCUT2D eigenvalue weighted by molar-refractivity contribution is 0.645. The van der Waals surface area contributed by atoms with E-state index in [1.54, 1.807) is 22.7 Å². The molecule has 0 aliphatic rings. The lowest BCUT2D eigenvalue weighted by Gasteiger charge is -2.13. The Morgan fingerprint density at radius 2 is 2.27 bits per heavy atom. The highest BCUT2D eigenvalue weighted by atomic mass is 127. The molecule has 0 bridgehead atoms. The van der Waals surface area contributed by atoms with Gasteiger partial charge < -0.3 is 0 Å². The summed E-state index contributed by atoms with van der Waals surface area (Å²) in [7, 11) is 0. The van der Waals surface area contributed by atoms with Crippen molar-refractivity contribution in [3.63, 3.8) is 0 Å². The van der Waals surface area contributed by atoms with Crippen molar-refractivity contribution in [1.82, 2.24) is 5.43 Å². The van der Waals surface area contributed by atoms with Gasteiger partial charge in [-0.15, -0.1) is 22.7 Å². The molecular weight excluding hydrogens is 339 g/mol. The van der Waals surface area contributed by atoms with E-state index in [1.807, 2.05) is 0 Å². The zero-order chi connectivity index (χ0) is 10.8. The lowest BCUT2D eigenvalue weighted by Crippen LogP contribution is -2.28. The summed E-state index contributed by atoms with van der Waals surface area (Å²) < 4.78 is 1.29. The van der Waals surface area contributed by atoms with Crippen molar-refractivity contribution in [2.24, 2.45) is 5.84 Å². The van der Waals surface area contributed by atoms with Gasteiger partial charge in [-0.25, -0.2) is 5.43 Å². The van der Waals surface area contributed by atoms with Crippen molar-refractivity contribution in [3.8, 4) is 0 Å². The Bertz CT molecular complexity index is 450. The van der Waals surface area contributed by atoms with Crippen molar-refractivity contribution in [2.75, 3.05) is 0 Å². The Hall–Kier alpha value is 0.0500. The quantitative estimate of drug-likeness (QED) is 0.507. The van der Waals surface area contributed by atoms with Crippen LogP contribution in [-0.2, 0) is 0 Å². The summed E-state index contributed by atoms with van der Waals surface area (Å²) >= 11 is 5.82. The molecule has 2 nitrogen and oxygen atoms in total. The Labute approximate surface area is 111 Å². The van der Waals surface area contributed by atoms with E-state index in [0.717, 1.165) is 0 Å². The van der Waals surface area contributed by atoms with E-state index in [-0.39, 0.29) is 6.04 Å². The van der Waals surface area contributed by atoms with Crippen LogP contribution in [0.25, 0.3) is 0 Å². The molecule has 0 saturated carbocycles. The maximum absolute atomic E-state index is 5.63. The number of hydrogen-bond acceptors (Lipinski definition) is 4. The second kappa shape index (κ2) is 4.92. The Morgan fingerprint density at radius 3 is 2.73 bits per heavy atom. The van der Waals surface area contributed by atoms with Crippen LogP contribution in [0, 0.1) is 9.81 Å². The zero-order valence-electron chi connectivity index (χ0n) is 8.16. The summed E-state index contributed by atoms with van der Waals surface area (Å²) in [5.74, 6) is 5.63. The van der Waals surface area contributed by atoms with Gasteiger partial charge in [0.05, 0.1) is 8.93 Å². The number of hydrogen-bond donors (Lipinski definition) is 2. The summed E-state index contributed by atoms with van der Waals surface area (Å²) in [6, 6.07) is 4.43. The second-order valence-corrected chi connectivity index (χ2v) is 7.00. The van der Waals surface area contributed by atoms with E-state index in [4.69, 9.17) is 5.84 Å². The first-order valence-electron chi connectivity index (χ1n) is 4.46. The molecule has 1 unspecified atom stereocenters. The summed E-state index contributed by atoms with van der Waals surface area (Å²) in [6.07, 6.45) is 0. The van der Waals surface area contributed by atoms with Gasteiger partial charge in [-0.2, -0.15) is 0 Å². The van der Waals surface area contributed by atoms with Crippen LogP contribution in [0.15, 0.2) is 22.9 Å². The van der Waals surface area contributed by atoms with Crippen LogP contribution in [0.5, 0.6) is 0 Å². The van der Waals surface area contributed by atoms with E-state index in [1.165, 1.54) is 18.9 Å². The van der Waals surface area contributed by atoms with Gasteiger partial charge in [-0.1, -0.05) is 0 Å². The van der Waals surface area contributed by atoms with Gasteiger partial charge in [0.2, 0.25) is 0 Å². The van der Waals surface area contributed by atoms with Gasteiger partial charge in [0.25, 0.3) is 0 Å². The molecule has 0 radical (unpaired) electrons. The van der Waals surface area contributed by atoms with Gasteiger partial charge in [-0.3, -0.25) is 5.84 Å². The molecule has 2 heterocycles. The largest absolute Gasteiger partial charge is 0.271 e. The van der Waals surface area contributed by atoms with Crippen LogP contribution in [0.3, 0.4) is 0 Å². The first kappa shape index (κ1) is 11.5. The number of hydrazine groups is 1. The molecule has 15 heavy (non-hydrogen) atoms. The highest BCUT2D eigenvalue weighted by Gasteiger charge is 2.16. The van der Waals surface area contributed by atoms with Crippen LogP contribution < -0.4 is 11.3 Å². The molecule has 0 aliphatic carbocycles. The fourth-order valence-corrected chi connectivity index (χ4v) is 3.89. The minimum absolute atomic E-state index is 0.129. The summed E-state index contributed by atoms with van der Waals surface area (Å²) in [6.45, 7) is 2.12. The topological polar surface area (TPSA) is 38.0 Å². The third-order valence-corrected chi connectivity index (χ3v) is 5.14. The molecule has 5 heteroatoms. The van der Waals surface area contributed by atoms with Crippen LogP contribution in [-0.4, -0.2) is 0 Å². The van der Waals surface area contributed by atoms with Gasteiger partial charge in [-0.05, 0) is 63.5 Å². The summed E-state index contributed by atoms with van der Waals surface area (Å²) in [5.41, 5.74) is 5.43. The fraction of sp³-hybridized carbons (Fsp3) is 0.200. The molecule has 0 aliphatic heterocycles. The third-order valence-electron chi connectivity index (χ3n) is 2.25. The minimum atomic E-state index is 0.129. The first-order chi connectivity index (χ1) is 7.22. The fourth-order valence-electron chi connectivity index (χ4n) is 1.48. The van der Waals surface area contributed by atoms with Gasteiger partial charge >= 0.3 is 0 Å². The Kier molecular flexibility index (Phi) is 3.78. The SMILES string of the molecule is Cc1ccsc1C(NN)c1csc(I)c1. The van der Waals surface area contributed by atoms with Crippen molar-refractivity contribution in [2.45, 2.75) is 13.0 Å².